The zero-order chi connectivity index (χ0) is 26.5. The van der Waals surface area contributed by atoms with Crippen molar-refractivity contribution < 1.29 is 14.4 Å². The van der Waals surface area contributed by atoms with E-state index < -0.39 is 6.04 Å². The highest BCUT2D eigenvalue weighted by Gasteiger charge is 2.34. The molecule has 38 heavy (non-hydrogen) atoms. The Morgan fingerprint density at radius 1 is 0.921 bits per heavy atom. The predicted molar refractivity (Wildman–Crippen MR) is 146 cm³/mol. The molecule has 3 aromatic carbocycles. The van der Waals surface area contributed by atoms with Gasteiger partial charge in [0.2, 0.25) is 11.8 Å². The molecule has 1 aliphatic rings. The highest BCUT2D eigenvalue weighted by molar-refractivity contribution is 6.02. The molecular weight excluding hydrogens is 478 g/mol. The van der Waals surface area contributed by atoms with Gasteiger partial charge in [0.25, 0.3) is 0 Å². The van der Waals surface area contributed by atoms with E-state index in [9.17, 15) is 14.4 Å². The van der Waals surface area contributed by atoms with Crippen LogP contribution in [0.3, 0.4) is 0 Å². The van der Waals surface area contributed by atoms with Crippen LogP contribution in [0, 0.1) is 0 Å². The van der Waals surface area contributed by atoms with Crippen molar-refractivity contribution in [2.45, 2.75) is 57.7 Å². The maximum atomic E-state index is 14.1. The van der Waals surface area contributed by atoms with Crippen LogP contribution >= 0.6 is 0 Å². The molecule has 5 rings (SSSR count). The number of hydrogen-bond acceptors (Lipinski definition) is 5. The number of nitrogens with one attached hydrogen (secondary N) is 1. The van der Waals surface area contributed by atoms with Crippen molar-refractivity contribution in [2.24, 2.45) is 0 Å². The van der Waals surface area contributed by atoms with Gasteiger partial charge in [0.1, 0.15) is 18.1 Å². The number of nitrogens with zero attached hydrogens (tertiary/aromatic N) is 4. The monoisotopic (exact) mass is 509 g/mol. The molecule has 194 valence electrons. The van der Waals surface area contributed by atoms with Gasteiger partial charge in [-0.3, -0.25) is 19.3 Å². The van der Waals surface area contributed by atoms with Crippen LogP contribution in [0.1, 0.15) is 61.0 Å². The lowest BCUT2D eigenvalue weighted by Crippen LogP contribution is -2.48. The second-order valence-electron chi connectivity index (χ2n) is 9.76. The molecule has 1 aliphatic carbocycles. The van der Waals surface area contributed by atoms with E-state index in [0.717, 1.165) is 31.2 Å². The Hall–Kier alpha value is -4.33. The van der Waals surface area contributed by atoms with E-state index in [-0.39, 0.29) is 30.2 Å². The quantitative estimate of drug-likeness (QED) is 0.342. The first-order chi connectivity index (χ1) is 18.5. The predicted octanol–water partition coefficient (Wildman–Crippen LogP) is 4.86. The third-order valence-electron chi connectivity index (χ3n) is 7.10. The van der Waals surface area contributed by atoms with Crippen LogP contribution in [0.5, 0.6) is 0 Å². The van der Waals surface area contributed by atoms with Gasteiger partial charge in [0.05, 0.1) is 5.52 Å². The van der Waals surface area contributed by atoms with Crippen LogP contribution in [0.4, 0.5) is 5.69 Å². The van der Waals surface area contributed by atoms with E-state index >= 15 is 0 Å². The summed E-state index contributed by atoms with van der Waals surface area (Å²) in [5, 5.41) is 11.6. The molecule has 1 saturated carbocycles. The van der Waals surface area contributed by atoms with Crippen LogP contribution in [0.2, 0.25) is 0 Å². The molecule has 1 aromatic heterocycles. The van der Waals surface area contributed by atoms with E-state index in [1.165, 1.54) is 18.2 Å². The van der Waals surface area contributed by atoms with Crippen LogP contribution < -0.4 is 10.2 Å². The zero-order valence-corrected chi connectivity index (χ0v) is 21.4. The van der Waals surface area contributed by atoms with Gasteiger partial charge in [-0.05, 0) is 61.7 Å². The number of carbonyl (C=O) groups excluding carboxylic acids is 3. The highest BCUT2D eigenvalue weighted by Crippen LogP contribution is 2.30. The van der Waals surface area contributed by atoms with Crippen LogP contribution in [0.15, 0.2) is 78.9 Å². The number of amides is 2. The van der Waals surface area contributed by atoms with Crippen LogP contribution in [-0.4, -0.2) is 38.6 Å². The topological polar surface area (TPSA) is 97.2 Å². The number of hydrogen-bond donors (Lipinski definition) is 1. The first-order valence-electron chi connectivity index (χ1n) is 13.1. The summed E-state index contributed by atoms with van der Waals surface area (Å²) < 4.78 is 1.55. The Morgan fingerprint density at radius 3 is 2.32 bits per heavy atom. The SMILES string of the molecule is CC(=O)c1ccc(N(C(=O)Cn2nnc3ccccc32)[C@H](C(=O)NC2CCCCC2)c2ccccc2)cc1. The molecule has 0 saturated heterocycles. The maximum Gasteiger partial charge on any atom is 0.249 e. The van der Waals surface area contributed by atoms with Crippen molar-refractivity contribution in [2.75, 3.05) is 4.90 Å². The van der Waals surface area contributed by atoms with Gasteiger partial charge >= 0.3 is 0 Å². The Labute approximate surface area is 221 Å². The number of fused-ring (bicyclic) bond motifs is 1. The number of carbonyl (C=O) groups is 3. The number of Topliss-reactive ketones (excluding diaryl/α,β-unsaturated/α-hetero) is 1. The molecule has 8 nitrogen and oxygen atoms in total. The molecule has 0 unspecified atom stereocenters. The average Bonchev–Trinajstić information content (AvgIpc) is 3.35. The van der Waals surface area contributed by atoms with Crippen molar-refractivity contribution in [1.82, 2.24) is 20.3 Å². The molecule has 0 aliphatic heterocycles. The molecule has 1 fully saturated rings. The summed E-state index contributed by atoms with van der Waals surface area (Å²) in [6.07, 6.45) is 5.19. The molecular formula is C30H31N5O3. The van der Waals surface area contributed by atoms with Crippen LogP contribution in [-0.2, 0) is 16.1 Å². The lowest BCUT2D eigenvalue weighted by Gasteiger charge is -2.33. The Bertz CT molecular complexity index is 1430. The smallest absolute Gasteiger partial charge is 0.249 e. The van der Waals surface area contributed by atoms with Crippen LogP contribution in [0.25, 0.3) is 11.0 Å². The van der Waals surface area contributed by atoms with Gasteiger partial charge in [0, 0.05) is 17.3 Å². The maximum absolute atomic E-state index is 14.1. The molecule has 0 spiro atoms. The fourth-order valence-electron chi connectivity index (χ4n) is 5.11. The second kappa shape index (κ2) is 11.4. The summed E-state index contributed by atoms with van der Waals surface area (Å²) in [7, 11) is 0. The van der Waals surface area contributed by atoms with Gasteiger partial charge in [0.15, 0.2) is 5.78 Å². The molecule has 1 atom stereocenters. The molecule has 0 radical (unpaired) electrons. The number of para-hydroxylation sites is 1. The Kier molecular flexibility index (Phi) is 7.58. The average molecular weight is 510 g/mol. The van der Waals surface area contributed by atoms with Gasteiger partial charge in [-0.1, -0.05) is 66.9 Å². The van der Waals surface area contributed by atoms with E-state index in [2.05, 4.69) is 15.6 Å². The molecule has 0 bridgehead atoms. The number of anilines is 1. The molecule has 1 N–H and O–H groups in total. The summed E-state index contributed by atoms with van der Waals surface area (Å²) >= 11 is 0. The van der Waals surface area contributed by atoms with E-state index in [1.807, 2.05) is 54.6 Å². The number of benzene rings is 3. The summed E-state index contributed by atoms with van der Waals surface area (Å²) in [6, 6.07) is 22.8. The van der Waals surface area contributed by atoms with Crippen molar-refractivity contribution in [1.29, 1.82) is 0 Å². The van der Waals surface area contributed by atoms with Gasteiger partial charge in [-0.15, -0.1) is 5.10 Å². The Balaban J connectivity index is 1.55. The third-order valence-corrected chi connectivity index (χ3v) is 7.10. The fourth-order valence-corrected chi connectivity index (χ4v) is 5.11. The minimum absolute atomic E-state index is 0.0711. The second-order valence-corrected chi connectivity index (χ2v) is 9.76. The standard InChI is InChI=1S/C30H31N5O3/c1-21(36)22-16-18-25(19-17-22)35(28(37)20-34-27-15-9-8-14-26(27)32-33-34)29(23-10-4-2-5-11-23)30(38)31-24-12-6-3-7-13-24/h2,4-5,8-11,14-19,24,29H,3,6-7,12-13,20H2,1H3,(H,31,38)/t29-/m0/s1. The molecule has 1 heterocycles. The summed E-state index contributed by atoms with van der Waals surface area (Å²) in [6.45, 7) is 1.40. The van der Waals surface area contributed by atoms with Crippen molar-refractivity contribution in [3.63, 3.8) is 0 Å². The number of ketones is 1. The van der Waals surface area contributed by atoms with Gasteiger partial charge in [-0.25, -0.2) is 4.68 Å². The Morgan fingerprint density at radius 2 is 1.61 bits per heavy atom. The van der Waals surface area contributed by atoms with E-state index in [4.69, 9.17) is 0 Å². The van der Waals surface area contributed by atoms with Gasteiger partial charge < -0.3 is 5.32 Å². The van der Waals surface area contributed by atoms with E-state index in [0.29, 0.717) is 22.3 Å². The highest BCUT2D eigenvalue weighted by atomic mass is 16.2. The number of aromatic nitrogens is 3. The minimum Gasteiger partial charge on any atom is -0.351 e. The summed E-state index contributed by atoms with van der Waals surface area (Å²) in [5.74, 6) is -0.613. The summed E-state index contributed by atoms with van der Waals surface area (Å²) in [4.78, 5) is 41.4. The molecule has 2 amide bonds. The minimum atomic E-state index is -0.899. The molecule has 4 aromatic rings. The van der Waals surface area contributed by atoms with E-state index in [1.54, 1.807) is 28.9 Å². The normalized spacial score (nSPS) is 14.7. The lowest BCUT2D eigenvalue weighted by molar-refractivity contribution is -0.127. The summed E-state index contributed by atoms with van der Waals surface area (Å²) in [5.41, 5.74) is 3.18. The van der Waals surface area contributed by atoms with Crippen molar-refractivity contribution >= 4 is 34.3 Å². The fraction of sp³-hybridized carbons (Fsp3) is 0.300. The van der Waals surface area contributed by atoms with Gasteiger partial charge in [-0.2, -0.15) is 0 Å². The first-order valence-corrected chi connectivity index (χ1v) is 13.1. The third kappa shape index (κ3) is 5.49. The largest absolute Gasteiger partial charge is 0.351 e. The lowest BCUT2D eigenvalue weighted by atomic mass is 9.94. The van der Waals surface area contributed by atoms with Crippen molar-refractivity contribution in [3.8, 4) is 0 Å². The zero-order valence-electron chi connectivity index (χ0n) is 21.4. The first kappa shape index (κ1) is 25.3. The van der Waals surface area contributed by atoms with Crippen molar-refractivity contribution in [3.05, 3.63) is 90.0 Å². The number of rotatable bonds is 8. The molecule has 8 heteroatoms.